The summed E-state index contributed by atoms with van der Waals surface area (Å²) in [5.41, 5.74) is 5.33. The van der Waals surface area contributed by atoms with E-state index in [1.165, 1.54) is 12.1 Å². The second-order valence-electron chi connectivity index (χ2n) is 6.12. The van der Waals surface area contributed by atoms with E-state index in [0.717, 1.165) is 5.56 Å². The minimum Gasteiger partial charge on any atom is -0.366 e. The third kappa shape index (κ3) is 2.94. The first-order chi connectivity index (χ1) is 11.3. The van der Waals surface area contributed by atoms with Crippen molar-refractivity contribution in [3.05, 3.63) is 50.3 Å². The van der Waals surface area contributed by atoms with E-state index in [0.29, 0.717) is 25.9 Å². The molecule has 0 saturated carbocycles. The molecule has 3 N–H and O–H groups in total. The molecule has 0 bridgehead atoms. The average molecular weight is 349 g/mol. The Labute approximate surface area is 139 Å². The fraction of sp³-hybridized carbons (Fsp3) is 0.375. The van der Waals surface area contributed by atoms with Crippen LogP contribution in [0.15, 0.2) is 38.8 Å². The van der Waals surface area contributed by atoms with Gasteiger partial charge in [0.15, 0.2) is 0 Å². The van der Waals surface area contributed by atoms with Crippen LogP contribution in [0.2, 0.25) is 0 Å². The highest BCUT2D eigenvalue weighted by molar-refractivity contribution is 7.92. The van der Waals surface area contributed by atoms with Gasteiger partial charge >= 0.3 is 0 Å². The lowest BCUT2D eigenvalue weighted by Crippen LogP contribution is -2.48. The highest BCUT2D eigenvalue weighted by Gasteiger charge is 2.31. The van der Waals surface area contributed by atoms with Crippen LogP contribution in [0.5, 0.6) is 0 Å². The molecule has 1 fully saturated rings. The van der Waals surface area contributed by atoms with Gasteiger partial charge in [-0.2, -0.15) is 0 Å². The number of nitrogens with two attached hydrogens (primary N) is 1. The summed E-state index contributed by atoms with van der Waals surface area (Å²) in [4.78, 5) is 25.5. The highest BCUT2D eigenvalue weighted by atomic mass is 32.2. The Morgan fingerprint density at radius 1 is 1.08 bits per heavy atom. The number of aryl methyl sites for hydroxylation is 1. The van der Waals surface area contributed by atoms with Crippen LogP contribution in [0.4, 0.5) is 11.4 Å². The fourth-order valence-corrected chi connectivity index (χ4v) is 3.88. The maximum atomic E-state index is 12.4. The van der Waals surface area contributed by atoms with Gasteiger partial charge in [-0.1, -0.05) is 17.7 Å². The molecule has 1 saturated heterocycles. The van der Waals surface area contributed by atoms with Crippen molar-refractivity contribution in [1.82, 2.24) is 0 Å². The number of piperidine rings is 1. The van der Waals surface area contributed by atoms with Crippen molar-refractivity contribution >= 4 is 21.4 Å². The van der Waals surface area contributed by atoms with Gasteiger partial charge in [0.25, 0.3) is 20.9 Å². The molecule has 7 nitrogen and oxygen atoms in total. The summed E-state index contributed by atoms with van der Waals surface area (Å²) in [6, 6.07) is 6.33. The SMILES string of the molecule is Cc1ccc(S(=O)(=O)Nc2c(N3CCC(N)CC3)c(=O)c2=O)cc1. The van der Waals surface area contributed by atoms with Gasteiger partial charge in [-0.05, 0) is 31.9 Å². The second-order valence-corrected chi connectivity index (χ2v) is 7.81. The summed E-state index contributed by atoms with van der Waals surface area (Å²) in [6.07, 6.45) is 1.39. The molecule has 1 aliphatic heterocycles. The lowest BCUT2D eigenvalue weighted by atomic mass is 10.0. The molecule has 0 unspecified atom stereocenters. The standard InChI is InChI=1S/C16H19N3O4S/c1-10-2-4-12(5-3-10)24(22,23)18-13-14(16(21)15(13)20)19-8-6-11(17)7-9-19/h2-5,11,18H,6-9,17H2,1H3. The van der Waals surface area contributed by atoms with Crippen molar-refractivity contribution < 1.29 is 8.42 Å². The summed E-state index contributed by atoms with van der Waals surface area (Å²) in [6.45, 7) is 2.91. The van der Waals surface area contributed by atoms with Crippen molar-refractivity contribution in [3.63, 3.8) is 0 Å². The Hall–Kier alpha value is -2.19. The van der Waals surface area contributed by atoms with Crippen LogP contribution in [-0.2, 0) is 10.0 Å². The molecule has 128 valence electrons. The quantitative estimate of drug-likeness (QED) is 0.769. The van der Waals surface area contributed by atoms with Crippen LogP contribution in [0.3, 0.4) is 0 Å². The van der Waals surface area contributed by atoms with Crippen LogP contribution < -0.4 is 26.2 Å². The molecule has 0 spiro atoms. The molecule has 2 aromatic rings. The number of sulfonamides is 1. The van der Waals surface area contributed by atoms with Gasteiger partial charge in [0.05, 0.1) is 4.90 Å². The van der Waals surface area contributed by atoms with Gasteiger partial charge in [-0.3, -0.25) is 14.3 Å². The Morgan fingerprint density at radius 2 is 1.67 bits per heavy atom. The molecule has 2 aromatic carbocycles. The predicted octanol–water partition coefficient (Wildman–Crippen LogP) is 0.319. The number of hydrogen-bond donors (Lipinski definition) is 2. The van der Waals surface area contributed by atoms with E-state index in [4.69, 9.17) is 5.73 Å². The highest BCUT2D eigenvalue weighted by Crippen LogP contribution is 2.26. The Bertz CT molecular complexity index is 919. The molecular formula is C16H19N3O4S. The third-order valence-electron chi connectivity index (χ3n) is 4.31. The average Bonchev–Trinajstić information content (AvgIpc) is 2.56. The van der Waals surface area contributed by atoms with Crippen LogP contribution in [0.25, 0.3) is 0 Å². The van der Waals surface area contributed by atoms with Crippen molar-refractivity contribution in [3.8, 4) is 0 Å². The largest absolute Gasteiger partial charge is 0.366 e. The molecule has 1 aliphatic rings. The number of nitrogens with zero attached hydrogens (tertiary/aromatic N) is 1. The van der Waals surface area contributed by atoms with E-state index < -0.39 is 20.9 Å². The number of rotatable bonds is 4. The third-order valence-corrected chi connectivity index (χ3v) is 5.67. The lowest BCUT2D eigenvalue weighted by molar-refractivity contribution is 0.500. The van der Waals surface area contributed by atoms with Crippen LogP contribution in [-0.4, -0.2) is 27.5 Å². The number of nitrogens with one attached hydrogen (secondary N) is 1. The summed E-state index contributed by atoms with van der Waals surface area (Å²) in [5.74, 6) is 0. The van der Waals surface area contributed by atoms with Gasteiger partial charge in [-0.25, -0.2) is 8.42 Å². The molecule has 0 aromatic heterocycles. The van der Waals surface area contributed by atoms with E-state index in [9.17, 15) is 18.0 Å². The van der Waals surface area contributed by atoms with Crippen molar-refractivity contribution in [1.29, 1.82) is 0 Å². The minimum absolute atomic E-state index is 0.0489. The summed E-state index contributed by atoms with van der Waals surface area (Å²) < 4.78 is 27.1. The molecule has 0 radical (unpaired) electrons. The Morgan fingerprint density at radius 3 is 2.25 bits per heavy atom. The Balaban J connectivity index is 1.88. The smallest absolute Gasteiger partial charge is 0.262 e. The number of hydrogen-bond acceptors (Lipinski definition) is 6. The van der Waals surface area contributed by atoms with Gasteiger partial charge < -0.3 is 10.6 Å². The first kappa shape index (κ1) is 16.7. The number of benzene rings is 1. The minimum atomic E-state index is -3.91. The van der Waals surface area contributed by atoms with E-state index in [2.05, 4.69) is 4.72 Å². The molecule has 0 amide bonds. The first-order valence-electron chi connectivity index (χ1n) is 7.73. The molecule has 1 heterocycles. The normalized spacial score (nSPS) is 16.5. The van der Waals surface area contributed by atoms with Crippen LogP contribution in [0, 0.1) is 6.92 Å². The van der Waals surface area contributed by atoms with Gasteiger partial charge in [0.2, 0.25) is 0 Å². The van der Waals surface area contributed by atoms with E-state index in [1.54, 1.807) is 17.0 Å². The molecule has 3 rings (SSSR count). The van der Waals surface area contributed by atoms with Crippen LogP contribution >= 0.6 is 0 Å². The number of anilines is 2. The first-order valence-corrected chi connectivity index (χ1v) is 9.21. The fourth-order valence-electron chi connectivity index (χ4n) is 2.81. The predicted molar refractivity (Wildman–Crippen MR) is 92.8 cm³/mol. The monoisotopic (exact) mass is 349 g/mol. The van der Waals surface area contributed by atoms with E-state index >= 15 is 0 Å². The van der Waals surface area contributed by atoms with E-state index in [-0.39, 0.29) is 22.3 Å². The summed E-state index contributed by atoms with van der Waals surface area (Å²) in [7, 11) is -3.91. The van der Waals surface area contributed by atoms with Gasteiger partial charge in [0, 0.05) is 19.1 Å². The second kappa shape index (κ2) is 6.03. The summed E-state index contributed by atoms with van der Waals surface area (Å²) in [5, 5.41) is 0. The van der Waals surface area contributed by atoms with E-state index in [1.807, 2.05) is 6.92 Å². The topological polar surface area (TPSA) is 110 Å². The van der Waals surface area contributed by atoms with Crippen LogP contribution in [0.1, 0.15) is 18.4 Å². The molecular weight excluding hydrogens is 330 g/mol. The zero-order valence-electron chi connectivity index (χ0n) is 13.3. The Kier molecular flexibility index (Phi) is 4.18. The molecule has 24 heavy (non-hydrogen) atoms. The van der Waals surface area contributed by atoms with Gasteiger partial charge in [0.1, 0.15) is 11.4 Å². The maximum Gasteiger partial charge on any atom is 0.262 e. The zero-order valence-corrected chi connectivity index (χ0v) is 14.1. The lowest BCUT2D eigenvalue weighted by Gasteiger charge is -2.33. The molecule has 0 aliphatic carbocycles. The zero-order chi connectivity index (χ0) is 17.5. The van der Waals surface area contributed by atoms with Crippen molar-refractivity contribution in [2.45, 2.75) is 30.7 Å². The molecule has 8 heteroatoms. The maximum absolute atomic E-state index is 12.4. The van der Waals surface area contributed by atoms with Gasteiger partial charge in [-0.15, -0.1) is 0 Å². The van der Waals surface area contributed by atoms with Crippen molar-refractivity contribution in [2.75, 3.05) is 22.7 Å². The molecule has 0 atom stereocenters. The van der Waals surface area contributed by atoms with Crippen molar-refractivity contribution in [2.24, 2.45) is 5.73 Å². The summed E-state index contributed by atoms with van der Waals surface area (Å²) >= 11 is 0.